The number of hydrogen-bond donors (Lipinski definition) is 3. The van der Waals surface area contributed by atoms with Crippen molar-refractivity contribution >= 4 is 23.8 Å². The number of amides is 3. The lowest BCUT2D eigenvalue weighted by molar-refractivity contribution is -0.130. The molecule has 0 bridgehead atoms. The van der Waals surface area contributed by atoms with E-state index in [9.17, 15) is 9.59 Å². The maximum Gasteiger partial charge on any atom is 0.325 e. The molecule has 0 radical (unpaired) electrons. The summed E-state index contributed by atoms with van der Waals surface area (Å²) in [5, 5.41) is 2.55. The van der Waals surface area contributed by atoms with Crippen LogP contribution in [0.25, 0.3) is 0 Å². The molecule has 2 rings (SSSR count). The van der Waals surface area contributed by atoms with E-state index in [1.54, 1.807) is 13.8 Å². The summed E-state index contributed by atoms with van der Waals surface area (Å²) in [5.74, 6) is -0.293. The lowest BCUT2D eigenvalue weighted by Gasteiger charge is -2.15. The van der Waals surface area contributed by atoms with Gasteiger partial charge < -0.3 is 16.8 Å². The summed E-state index contributed by atoms with van der Waals surface area (Å²) in [5.41, 5.74) is 9.89. The van der Waals surface area contributed by atoms with Gasteiger partial charge in [-0.2, -0.15) is 15.0 Å². The zero-order valence-electron chi connectivity index (χ0n) is 9.97. The molecule has 9 heteroatoms. The normalized spacial score (nSPS) is 18.0. The van der Waals surface area contributed by atoms with E-state index in [4.69, 9.17) is 11.5 Å². The van der Waals surface area contributed by atoms with E-state index in [1.807, 2.05) is 0 Å². The second-order valence-corrected chi connectivity index (χ2v) is 4.41. The molecule has 9 nitrogen and oxygen atoms in total. The predicted octanol–water partition coefficient (Wildman–Crippen LogP) is -1.13. The van der Waals surface area contributed by atoms with Gasteiger partial charge in [0, 0.05) is 0 Å². The van der Waals surface area contributed by atoms with Crippen molar-refractivity contribution in [1.82, 2.24) is 25.2 Å². The Balaban J connectivity index is 2.24. The fourth-order valence-corrected chi connectivity index (χ4v) is 1.63. The number of hydrogen-bond acceptors (Lipinski definition) is 7. The van der Waals surface area contributed by atoms with Crippen LogP contribution in [0.4, 0.5) is 16.7 Å². The fraction of sp³-hybridized carbons (Fsp3) is 0.444. The van der Waals surface area contributed by atoms with E-state index in [0.29, 0.717) is 0 Å². The van der Waals surface area contributed by atoms with Gasteiger partial charge >= 0.3 is 6.03 Å². The van der Waals surface area contributed by atoms with Crippen LogP contribution < -0.4 is 16.8 Å². The molecule has 1 aliphatic rings. The van der Waals surface area contributed by atoms with Gasteiger partial charge in [-0.25, -0.2) is 4.79 Å². The van der Waals surface area contributed by atoms with Crippen LogP contribution in [0.15, 0.2) is 0 Å². The molecule has 3 amide bonds. The monoisotopic (exact) mass is 251 g/mol. The van der Waals surface area contributed by atoms with Crippen LogP contribution in [0.5, 0.6) is 0 Å². The van der Waals surface area contributed by atoms with Gasteiger partial charge in [0.05, 0.1) is 6.54 Å². The minimum absolute atomic E-state index is 0.0520. The molecular weight excluding hydrogens is 238 g/mol. The Morgan fingerprint density at radius 2 is 1.72 bits per heavy atom. The molecule has 1 aromatic rings. The van der Waals surface area contributed by atoms with E-state index >= 15 is 0 Å². The number of aromatic nitrogens is 3. The number of nitrogens with one attached hydrogen (secondary N) is 1. The van der Waals surface area contributed by atoms with Crippen LogP contribution in [0.2, 0.25) is 0 Å². The van der Waals surface area contributed by atoms with Crippen molar-refractivity contribution in [3.63, 3.8) is 0 Å². The van der Waals surface area contributed by atoms with E-state index in [2.05, 4.69) is 20.3 Å². The minimum atomic E-state index is -0.929. The Hall–Kier alpha value is -2.45. The molecule has 0 spiro atoms. The number of anilines is 2. The van der Waals surface area contributed by atoms with Crippen molar-refractivity contribution in [3.8, 4) is 0 Å². The number of nitrogens with two attached hydrogens (primary N) is 2. The van der Waals surface area contributed by atoms with Crippen LogP contribution in [0.1, 0.15) is 19.7 Å². The highest BCUT2D eigenvalue weighted by Gasteiger charge is 2.44. The SMILES string of the molecule is CC1(C)NC(=O)N(Cc2nc(N)nc(N)n2)C1=O. The molecule has 1 fully saturated rings. The van der Waals surface area contributed by atoms with Crippen molar-refractivity contribution in [1.29, 1.82) is 0 Å². The number of nitrogen functional groups attached to an aromatic ring is 2. The third kappa shape index (κ3) is 2.01. The number of urea groups is 1. The third-order valence-corrected chi connectivity index (χ3v) is 2.46. The smallest absolute Gasteiger partial charge is 0.325 e. The lowest BCUT2D eigenvalue weighted by atomic mass is 10.1. The zero-order chi connectivity index (χ0) is 13.5. The van der Waals surface area contributed by atoms with Crippen LogP contribution in [-0.4, -0.2) is 37.3 Å². The molecule has 18 heavy (non-hydrogen) atoms. The first-order chi connectivity index (χ1) is 8.29. The average Bonchev–Trinajstić information content (AvgIpc) is 2.39. The topological polar surface area (TPSA) is 140 Å². The summed E-state index contributed by atoms with van der Waals surface area (Å²) in [4.78, 5) is 35.8. The quantitative estimate of drug-likeness (QED) is 0.564. The summed E-state index contributed by atoms with van der Waals surface area (Å²) >= 11 is 0. The van der Waals surface area contributed by atoms with E-state index in [-0.39, 0.29) is 30.2 Å². The molecule has 2 heterocycles. The fourth-order valence-electron chi connectivity index (χ4n) is 1.63. The Kier molecular flexibility index (Phi) is 2.53. The van der Waals surface area contributed by atoms with Gasteiger partial charge in [-0.3, -0.25) is 9.69 Å². The standard InChI is InChI=1S/C9H13N7O2/c1-9(2)5(17)16(8(18)15-9)3-4-12-6(10)14-7(11)13-4/h3H2,1-2H3,(H,15,18)(H4,10,11,12,13,14). The Morgan fingerprint density at radius 3 is 2.17 bits per heavy atom. The summed E-state index contributed by atoms with van der Waals surface area (Å²) < 4.78 is 0. The zero-order valence-corrected chi connectivity index (χ0v) is 9.97. The number of imide groups is 1. The van der Waals surface area contributed by atoms with Gasteiger partial charge in [-0.1, -0.05) is 0 Å². The molecular formula is C9H13N7O2. The maximum atomic E-state index is 11.9. The number of nitrogens with zero attached hydrogens (tertiary/aromatic N) is 4. The summed E-state index contributed by atoms with van der Waals surface area (Å²) in [7, 11) is 0. The minimum Gasteiger partial charge on any atom is -0.368 e. The van der Waals surface area contributed by atoms with Crippen LogP contribution >= 0.6 is 0 Å². The Morgan fingerprint density at radius 1 is 1.17 bits per heavy atom. The van der Waals surface area contributed by atoms with E-state index in [0.717, 1.165) is 4.90 Å². The van der Waals surface area contributed by atoms with Crippen molar-refractivity contribution in [2.45, 2.75) is 25.9 Å². The molecule has 96 valence electrons. The highest BCUT2D eigenvalue weighted by Crippen LogP contribution is 2.18. The highest BCUT2D eigenvalue weighted by molar-refractivity contribution is 6.06. The molecule has 0 saturated carbocycles. The summed E-state index contributed by atoms with van der Waals surface area (Å²) in [6.45, 7) is 3.14. The predicted molar refractivity (Wildman–Crippen MR) is 61.8 cm³/mol. The molecule has 0 aliphatic carbocycles. The van der Waals surface area contributed by atoms with Gasteiger partial charge in [-0.05, 0) is 13.8 Å². The van der Waals surface area contributed by atoms with E-state index < -0.39 is 11.6 Å². The molecule has 5 N–H and O–H groups in total. The average molecular weight is 251 g/mol. The van der Waals surface area contributed by atoms with Crippen molar-refractivity contribution in [2.24, 2.45) is 0 Å². The molecule has 1 aliphatic heterocycles. The molecule has 1 aromatic heterocycles. The number of carbonyl (C=O) groups excluding carboxylic acids is 2. The van der Waals surface area contributed by atoms with Crippen LogP contribution in [0, 0.1) is 0 Å². The van der Waals surface area contributed by atoms with Crippen molar-refractivity contribution in [2.75, 3.05) is 11.5 Å². The molecule has 1 saturated heterocycles. The van der Waals surface area contributed by atoms with Crippen LogP contribution in [-0.2, 0) is 11.3 Å². The van der Waals surface area contributed by atoms with Gasteiger partial charge in [0.1, 0.15) is 5.54 Å². The molecule has 0 unspecified atom stereocenters. The summed E-state index contributed by atoms with van der Waals surface area (Å²) in [6.07, 6.45) is 0. The molecule has 0 atom stereocenters. The van der Waals surface area contributed by atoms with Gasteiger partial charge in [0.15, 0.2) is 5.82 Å². The Labute approximate surface area is 103 Å². The summed E-state index contributed by atoms with van der Waals surface area (Å²) in [6, 6.07) is -0.498. The first kappa shape index (κ1) is 12.0. The van der Waals surface area contributed by atoms with E-state index in [1.165, 1.54) is 0 Å². The first-order valence-electron chi connectivity index (χ1n) is 5.19. The van der Waals surface area contributed by atoms with Crippen molar-refractivity contribution in [3.05, 3.63) is 5.82 Å². The third-order valence-electron chi connectivity index (χ3n) is 2.46. The number of rotatable bonds is 2. The molecule has 0 aromatic carbocycles. The highest BCUT2D eigenvalue weighted by atomic mass is 16.2. The van der Waals surface area contributed by atoms with Crippen LogP contribution in [0.3, 0.4) is 0 Å². The Bertz CT molecular complexity index is 507. The van der Waals surface area contributed by atoms with Gasteiger partial charge in [-0.15, -0.1) is 0 Å². The first-order valence-corrected chi connectivity index (χ1v) is 5.19. The van der Waals surface area contributed by atoms with Gasteiger partial charge in [0.25, 0.3) is 5.91 Å². The second-order valence-electron chi connectivity index (χ2n) is 4.41. The van der Waals surface area contributed by atoms with Gasteiger partial charge in [0.2, 0.25) is 11.9 Å². The maximum absolute atomic E-state index is 11.9. The van der Waals surface area contributed by atoms with Crippen molar-refractivity contribution < 1.29 is 9.59 Å². The number of carbonyl (C=O) groups is 2. The largest absolute Gasteiger partial charge is 0.368 e. The second kappa shape index (κ2) is 3.79. The lowest BCUT2D eigenvalue weighted by Crippen LogP contribution is -2.40.